The molecule has 0 aromatic heterocycles. The summed E-state index contributed by atoms with van der Waals surface area (Å²) >= 11 is 0. The maximum Gasteiger partial charge on any atom is 0.00414 e. The number of hydrogen-bond acceptors (Lipinski definition) is 2. The highest BCUT2D eigenvalue weighted by Gasteiger charge is 2.23. The molecule has 0 radical (unpaired) electrons. The molecule has 2 nitrogen and oxygen atoms in total. The van der Waals surface area contributed by atoms with Crippen LogP contribution >= 0.6 is 0 Å². The average Bonchev–Trinajstić information content (AvgIpc) is 2.22. The van der Waals surface area contributed by atoms with E-state index in [0.717, 1.165) is 24.0 Å². The van der Waals surface area contributed by atoms with Crippen molar-refractivity contribution in [3.8, 4) is 0 Å². The van der Waals surface area contributed by atoms with E-state index in [2.05, 4.69) is 6.08 Å². The zero-order valence-electron chi connectivity index (χ0n) is 9.62. The molecule has 0 aliphatic heterocycles. The summed E-state index contributed by atoms with van der Waals surface area (Å²) in [5, 5.41) is 0. The molecule has 0 saturated heterocycles. The third-order valence-electron chi connectivity index (χ3n) is 4.04. The van der Waals surface area contributed by atoms with Gasteiger partial charge in [0, 0.05) is 11.7 Å². The Labute approximate surface area is 93.1 Å². The first-order valence-corrected chi connectivity index (χ1v) is 6.44. The van der Waals surface area contributed by atoms with Gasteiger partial charge in [0.25, 0.3) is 0 Å². The molecule has 0 aromatic rings. The fourth-order valence-corrected chi connectivity index (χ4v) is 3.14. The Kier molecular flexibility index (Phi) is 3.68. The van der Waals surface area contributed by atoms with E-state index in [1.807, 2.05) is 0 Å². The minimum absolute atomic E-state index is 0.480. The summed E-state index contributed by atoms with van der Waals surface area (Å²) in [6.07, 6.45) is 12.5. The van der Waals surface area contributed by atoms with Crippen molar-refractivity contribution < 1.29 is 0 Å². The van der Waals surface area contributed by atoms with Crippen molar-refractivity contribution in [1.29, 1.82) is 0 Å². The normalized spacial score (nSPS) is 37.4. The van der Waals surface area contributed by atoms with Crippen LogP contribution in [0.4, 0.5) is 0 Å². The third-order valence-corrected chi connectivity index (χ3v) is 4.04. The van der Waals surface area contributed by atoms with Gasteiger partial charge in [-0.05, 0) is 50.4 Å². The third kappa shape index (κ3) is 3.23. The van der Waals surface area contributed by atoms with E-state index in [9.17, 15) is 0 Å². The Bertz CT molecular complexity index is 235. The quantitative estimate of drug-likeness (QED) is 0.732. The first-order chi connectivity index (χ1) is 7.24. The van der Waals surface area contributed by atoms with Crippen molar-refractivity contribution in [2.45, 2.75) is 57.4 Å². The highest BCUT2D eigenvalue weighted by molar-refractivity contribution is 5.01. The van der Waals surface area contributed by atoms with Crippen LogP contribution < -0.4 is 11.5 Å². The van der Waals surface area contributed by atoms with Gasteiger partial charge in [-0.2, -0.15) is 0 Å². The van der Waals surface area contributed by atoms with E-state index in [0.29, 0.717) is 6.04 Å². The predicted octanol–water partition coefficient (Wildman–Crippen LogP) is 2.54. The molecule has 1 saturated carbocycles. The van der Waals surface area contributed by atoms with Crippen molar-refractivity contribution >= 4 is 0 Å². The maximum atomic E-state index is 6.02. The summed E-state index contributed by atoms with van der Waals surface area (Å²) in [4.78, 5) is 0. The van der Waals surface area contributed by atoms with Crippen LogP contribution in [0.1, 0.15) is 51.4 Å². The Hall–Kier alpha value is -0.500. The van der Waals surface area contributed by atoms with E-state index < -0.39 is 0 Å². The smallest absolute Gasteiger partial charge is 0.00414 e. The molecule has 0 spiro atoms. The second kappa shape index (κ2) is 5.02. The molecule has 1 fully saturated rings. The highest BCUT2D eigenvalue weighted by atomic mass is 14.6. The van der Waals surface area contributed by atoms with Gasteiger partial charge in [-0.25, -0.2) is 0 Å². The highest BCUT2D eigenvalue weighted by Crippen LogP contribution is 2.33. The minimum Gasteiger partial charge on any atom is -0.402 e. The Balaban J connectivity index is 1.77. The van der Waals surface area contributed by atoms with Crippen molar-refractivity contribution in [2.24, 2.45) is 23.3 Å². The molecule has 15 heavy (non-hydrogen) atoms. The molecule has 2 aliphatic rings. The molecule has 3 atom stereocenters. The van der Waals surface area contributed by atoms with Gasteiger partial charge in [-0.1, -0.05) is 18.9 Å². The van der Waals surface area contributed by atoms with E-state index in [1.54, 1.807) is 0 Å². The van der Waals surface area contributed by atoms with Crippen molar-refractivity contribution in [2.75, 3.05) is 0 Å². The molecule has 0 amide bonds. The maximum absolute atomic E-state index is 6.02. The first kappa shape index (κ1) is 11.0. The molecule has 0 heterocycles. The number of allylic oxidation sites excluding steroid dienone is 2. The fourth-order valence-electron chi connectivity index (χ4n) is 3.14. The zero-order chi connectivity index (χ0) is 10.7. The lowest BCUT2D eigenvalue weighted by atomic mass is 9.77. The largest absolute Gasteiger partial charge is 0.402 e. The van der Waals surface area contributed by atoms with Crippen LogP contribution in [0.25, 0.3) is 0 Å². The number of hydrogen-bond donors (Lipinski definition) is 2. The van der Waals surface area contributed by atoms with E-state index >= 15 is 0 Å². The predicted molar refractivity (Wildman–Crippen MR) is 64.2 cm³/mol. The first-order valence-electron chi connectivity index (χ1n) is 6.44. The Morgan fingerprint density at radius 1 is 1.20 bits per heavy atom. The molecule has 86 valence electrons. The summed E-state index contributed by atoms with van der Waals surface area (Å²) in [5.74, 6) is 1.78. The SMILES string of the molecule is NC1=CCC(CC2CCCC(N)C2)CC1. The summed E-state index contributed by atoms with van der Waals surface area (Å²) in [6.45, 7) is 0. The van der Waals surface area contributed by atoms with Crippen LogP contribution in [0, 0.1) is 11.8 Å². The van der Waals surface area contributed by atoms with Crippen molar-refractivity contribution in [3.63, 3.8) is 0 Å². The average molecular weight is 208 g/mol. The van der Waals surface area contributed by atoms with Crippen LogP contribution in [0.15, 0.2) is 11.8 Å². The van der Waals surface area contributed by atoms with Gasteiger partial charge < -0.3 is 11.5 Å². The molecular weight excluding hydrogens is 184 g/mol. The zero-order valence-corrected chi connectivity index (χ0v) is 9.62. The molecule has 4 N–H and O–H groups in total. The van der Waals surface area contributed by atoms with Crippen LogP contribution in [-0.4, -0.2) is 6.04 Å². The lowest BCUT2D eigenvalue weighted by molar-refractivity contribution is 0.256. The molecule has 2 rings (SSSR count). The van der Waals surface area contributed by atoms with Crippen molar-refractivity contribution in [3.05, 3.63) is 11.8 Å². The van der Waals surface area contributed by atoms with E-state index in [-0.39, 0.29) is 0 Å². The van der Waals surface area contributed by atoms with E-state index in [1.165, 1.54) is 44.9 Å². The molecule has 2 aliphatic carbocycles. The van der Waals surface area contributed by atoms with Gasteiger partial charge >= 0.3 is 0 Å². The summed E-state index contributed by atoms with van der Waals surface area (Å²) in [6, 6.07) is 0.480. The number of nitrogens with two attached hydrogens (primary N) is 2. The summed E-state index contributed by atoms with van der Waals surface area (Å²) in [7, 11) is 0. The van der Waals surface area contributed by atoms with Gasteiger partial charge in [0.05, 0.1) is 0 Å². The van der Waals surface area contributed by atoms with Crippen molar-refractivity contribution in [1.82, 2.24) is 0 Å². The lowest BCUT2D eigenvalue weighted by Crippen LogP contribution is -2.29. The van der Waals surface area contributed by atoms with Gasteiger partial charge in [0.2, 0.25) is 0 Å². The van der Waals surface area contributed by atoms with Gasteiger partial charge in [-0.15, -0.1) is 0 Å². The van der Waals surface area contributed by atoms with Gasteiger partial charge in [-0.3, -0.25) is 0 Å². The molecule has 2 heteroatoms. The second-order valence-corrected chi connectivity index (χ2v) is 5.45. The Morgan fingerprint density at radius 3 is 2.73 bits per heavy atom. The molecule has 0 bridgehead atoms. The van der Waals surface area contributed by atoms with Gasteiger partial charge in [0.15, 0.2) is 0 Å². The topological polar surface area (TPSA) is 52.0 Å². The van der Waals surface area contributed by atoms with Gasteiger partial charge in [0.1, 0.15) is 0 Å². The second-order valence-electron chi connectivity index (χ2n) is 5.45. The molecular formula is C13H24N2. The standard InChI is InChI=1S/C13H24N2/c14-12-6-4-10(5-7-12)8-11-2-1-3-13(15)9-11/h6,10-11,13H,1-5,7-9,14-15H2. The number of rotatable bonds is 2. The van der Waals surface area contributed by atoms with Crippen LogP contribution in [0.3, 0.4) is 0 Å². The fraction of sp³-hybridized carbons (Fsp3) is 0.846. The Morgan fingerprint density at radius 2 is 2.07 bits per heavy atom. The monoisotopic (exact) mass is 208 g/mol. The summed E-state index contributed by atoms with van der Waals surface area (Å²) < 4.78 is 0. The summed E-state index contributed by atoms with van der Waals surface area (Å²) in [5.41, 5.74) is 12.9. The van der Waals surface area contributed by atoms with Crippen LogP contribution in [-0.2, 0) is 0 Å². The minimum atomic E-state index is 0.480. The molecule has 0 aromatic carbocycles. The van der Waals surface area contributed by atoms with Crippen LogP contribution in [0.5, 0.6) is 0 Å². The molecule has 3 unspecified atom stereocenters. The van der Waals surface area contributed by atoms with Crippen LogP contribution in [0.2, 0.25) is 0 Å². The van der Waals surface area contributed by atoms with E-state index in [4.69, 9.17) is 11.5 Å². The lowest BCUT2D eigenvalue weighted by Gasteiger charge is -2.30.